The van der Waals surface area contributed by atoms with Crippen molar-refractivity contribution in [1.29, 1.82) is 0 Å². The molecule has 0 rings (SSSR count). The highest BCUT2D eigenvalue weighted by molar-refractivity contribution is 7.86. The molecule has 0 aliphatic rings. The number of rotatable bonds is 11. The Morgan fingerprint density at radius 3 is 0.964 bits per heavy atom. The van der Waals surface area contributed by atoms with Gasteiger partial charge in [0, 0.05) is 13.1 Å². The second-order valence-electron chi connectivity index (χ2n) is 4.92. The largest absolute Gasteiger partial charge is 0.522 e. The summed E-state index contributed by atoms with van der Waals surface area (Å²) < 4.78 is 57.5. The maximum absolute atomic E-state index is 10.7. The molecule has 0 aliphatic heterocycles. The summed E-state index contributed by atoms with van der Waals surface area (Å²) in [5.41, 5.74) is -5.53. The number of carbonyl (C=O) groups is 4. The van der Waals surface area contributed by atoms with E-state index >= 15 is 0 Å². The Hall–Kier alpha value is -2.50. The number of hydrogen-bond donors (Lipinski definition) is 5. The molecule has 0 aromatic heterocycles. The van der Waals surface area contributed by atoms with Gasteiger partial charge in [0.1, 0.15) is 0 Å². The van der Waals surface area contributed by atoms with Crippen LogP contribution in [0.4, 0.5) is 13.2 Å². The van der Waals surface area contributed by atoms with E-state index in [0.717, 1.165) is 9.80 Å². The van der Waals surface area contributed by atoms with Gasteiger partial charge in [-0.2, -0.15) is 21.6 Å². The molecule has 28 heavy (non-hydrogen) atoms. The van der Waals surface area contributed by atoms with Crippen LogP contribution in [0.5, 0.6) is 0 Å². The Bertz CT molecular complexity index is 597. The molecule has 13 nitrogen and oxygen atoms in total. The Morgan fingerprint density at radius 1 is 0.679 bits per heavy atom. The quantitative estimate of drug-likeness (QED) is 0.179. The number of halogens is 3. The van der Waals surface area contributed by atoms with Crippen LogP contribution >= 0.6 is 0 Å². The highest BCUT2D eigenvalue weighted by atomic mass is 32.2. The van der Waals surface area contributed by atoms with Crippen molar-refractivity contribution in [3.8, 4) is 0 Å². The number of hydrogen-bond acceptors (Lipinski definition) is 8. The van der Waals surface area contributed by atoms with Gasteiger partial charge in [-0.05, 0) is 0 Å². The van der Waals surface area contributed by atoms with Gasteiger partial charge in [0.2, 0.25) is 0 Å². The summed E-state index contributed by atoms with van der Waals surface area (Å²) in [5, 5.41) is 34.5. The molecule has 5 N–H and O–H groups in total. The van der Waals surface area contributed by atoms with E-state index in [1.54, 1.807) is 0 Å². The van der Waals surface area contributed by atoms with Gasteiger partial charge in [0.15, 0.2) is 0 Å². The van der Waals surface area contributed by atoms with Crippen molar-refractivity contribution in [2.75, 3.05) is 39.3 Å². The molecule has 0 aromatic rings. The molecule has 0 aliphatic carbocycles. The third kappa shape index (κ3) is 15.7. The molecular formula is C11H17F3N2O11S. The summed E-state index contributed by atoms with van der Waals surface area (Å²) in [7, 11) is -5.84. The lowest BCUT2D eigenvalue weighted by Crippen LogP contribution is -2.43. The van der Waals surface area contributed by atoms with Crippen LogP contribution in [0.15, 0.2) is 0 Å². The van der Waals surface area contributed by atoms with E-state index in [0.29, 0.717) is 0 Å². The summed E-state index contributed by atoms with van der Waals surface area (Å²) >= 11 is 0. The van der Waals surface area contributed by atoms with Crippen LogP contribution in [0, 0.1) is 0 Å². The first kappa shape index (κ1) is 27.7. The number of alkyl halides is 3. The number of carboxylic acids is 4. The van der Waals surface area contributed by atoms with Gasteiger partial charge < -0.3 is 20.4 Å². The Balaban J connectivity index is 0. The lowest BCUT2D eigenvalue weighted by Gasteiger charge is -2.23. The summed E-state index contributed by atoms with van der Waals surface area (Å²) in [6, 6.07) is 0. The Labute approximate surface area is 155 Å². The maximum Gasteiger partial charge on any atom is 0.522 e. The molecule has 0 atom stereocenters. The normalized spacial score (nSPS) is 11.6. The fraction of sp³-hybridized carbons (Fsp3) is 0.636. The lowest BCUT2D eigenvalue weighted by atomic mass is 10.4. The first-order valence-electron chi connectivity index (χ1n) is 6.81. The minimum atomic E-state index is -5.84. The zero-order valence-corrected chi connectivity index (χ0v) is 14.7. The van der Waals surface area contributed by atoms with Crippen molar-refractivity contribution in [2.24, 2.45) is 0 Å². The zero-order valence-electron chi connectivity index (χ0n) is 13.9. The van der Waals surface area contributed by atoms with Crippen LogP contribution in [0.25, 0.3) is 0 Å². The molecule has 0 radical (unpaired) electrons. The average molecular weight is 442 g/mol. The van der Waals surface area contributed by atoms with Crippen LogP contribution < -0.4 is 0 Å². The van der Waals surface area contributed by atoms with E-state index in [-0.39, 0.29) is 13.1 Å². The first-order chi connectivity index (χ1) is 12.5. The van der Waals surface area contributed by atoms with Crippen LogP contribution in [0.3, 0.4) is 0 Å². The monoisotopic (exact) mass is 442 g/mol. The van der Waals surface area contributed by atoms with Crippen molar-refractivity contribution in [3.63, 3.8) is 0 Å². The van der Waals surface area contributed by atoms with Gasteiger partial charge in [-0.1, -0.05) is 0 Å². The van der Waals surface area contributed by atoms with Gasteiger partial charge >= 0.3 is 39.5 Å². The Kier molecular flexibility index (Phi) is 11.9. The Morgan fingerprint density at radius 2 is 0.857 bits per heavy atom. The molecule has 0 saturated heterocycles. The maximum atomic E-state index is 10.7. The molecule has 0 bridgehead atoms. The van der Waals surface area contributed by atoms with Crippen LogP contribution in [-0.4, -0.2) is 112 Å². The van der Waals surface area contributed by atoms with Gasteiger partial charge in [-0.25, -0.2) is 0 Å². The fourth-order valence-corrected chi connectivity index (χ4v) is 1.48. The zero-order chi connectivity index (χ0) is 22.7. The topological polar surface area (TPSA) is 210 Å². The molecule has 0 fully saturated rings. The molecule has 0 aromatic carbocycles. The minimum absolute atomic E-state index is 0.0703. The van der Waals surface area contributed by atoms with Crippen molar-refractivity contribution in [1.82, 2.24) is 9.80 Å². The van der Waals surface area contributed by atoms with E-state index in [1.807, 2.05) is 0 Å². The van der Waals surface area contributed by atoms with Crippen LogP contribution in [0.2, 0.25) is 0 Å². The van der Waals surface area contributed by atoms with E-state index in [4.69, 9.17) is 33.4 Å². The fourth-order valence-electron chi connectivity index (χ4n) is 1.48. The highest BCUT2D eigenvalue weighted by Gasteiger charge is 2.44. The van der Waals surface area contributed by atoms with E-state index in [1.165, 1.54) is 0 Å². The second kappa shape index (κ2) is 12.1. The van der Waals surface area contributed by atoms with Crippen molar-refractivity contribution >= 4 is 34.0 Å². The van der Waals surface area contributed by atoms with Crippen molar-refractivity contribution < 1.29 is 65.7 Å². The SMILES string of the molecule is O=C(O)CN(CCN(CC(=O)O)CC(=O)O)CC(=O)O.O=S(=O)(O)C(F)(F)F. The van der Waals surface area contributed by atoms with Crippen LogP contribution in [0.1, 0.15) is 0 Å². The summed E-state index contributed by atoms with van der Waals surface area (Å²) in [5.74, 6) is -4.91. The van der Waals surface area contributed by atoms with Gasteiger partial charge in [0.05, 0.1) is 26.2 Å². The predicted molar refractivity (Wildman–Crippen MR) is 81.0 cm³/mol. The van der Waals surface area contributed by atoms with Crippen LogP contribution in [-0.2, 0) is 29.3 Å². The van der Waals surface area contributed by atoms with Crippen molar-refractivity contribution in [2.45, 2.75) is 5.51 Å². The van der Waals surface area contributed by atoms with Gasteiger partial charge in [0.25, 0.3) is 0 Å². The minimum Gasteiger partial charge on any atom is -0.480 e. The molecule has 17 heteroatoms. The highest BCUT2D eigenvalue weighted by Crippen LogP contribution is 2.20. The lowest BCUT2D eigenvalue weighted by molar-refractivity contribution is -0.145. The molecule has 0 amide bonds. The second-order valence-corrected chi connectivity index (χ2v) is 6.33. The molecule has 0 heterocycles. The summed E-state index contributed by atoms with van der Waals surface area (Å²) in [6.07, 6.45) is 0. The molecule has 0 saturated carbocycles. The third-order valence-electron chi connectivity index (χ3n) is 2.46. The van der Waals surface area contributed by atoms with E-state index in [2.05, 4.69) is 0 Å². The molecule has 164 valence electrons. The van der Waals surface area contributed by atoms with E-state index < -0.39 is 65.7 Å². The van der Waals surface area contributed by atoms with Gasteiger partial charge in [-0.3, -0.25) is 33.5 Å². The van der Waals surface area contributed by atoms with E-state index in [9.17, 15) is 32.3 Å². The summed E-state index contributed by atoms with van der Waals surface area (Å²) in [4.78, 5) is 44.4. The summed E-state index contributed by atoms with van der Waals surface area (Å²) in [6.45, 7) is -2.25. The predicted octanol–water partition coefficient (Wildman–Crippen LogP) is -1.68. The van der Waals surface area contributed by atoms with Gasteiger partial charge in [-0.15, -0.1) is 0 Å². The molecule has 0 unspecified atom stereocenters. The molecule has 0 spiro atoms. The third-order valence-corrected chi connectivity index (χ3v) is 3.05. The number of carboxylic acid groups (broad SMARTS) is 4. The average Bonchev–Trinajstić information content (AvgIpc) is 2.40. The molecular weight excluding hydrogens is 425 g/mol. The van der Waals surface area contributed by atoms with Crippen molar-refractivity contribution in [3.05, 3.63) is 0 Å². The smallest absolute Gasteiger partial charge is 0.480 e. The first-order valence-corrected chi connectivity index (χ1v) is 8.25. The standard InChI is InChI=1S/C10H16N2O8.CHF3O3S/c13-7(14)3-11(4-8(15)16)1-2-12(5-9(17)18)6-10(19)20;2-1(3,4)8(5,6)7/h1-6H2,(H,13,14)(H,15,16)(H,17,18)(H,19,20);(H,5,6,7). The number of nitrogens with zero attached hydrogens (tertiary/aromatic N) is 2. The number of aliphatic carboxylic acids is 4.